The maximum atomic E-state index is 6.13. The summed E-state index contributed by atoms with van der Waals surface area (Å²) in [6.45, 7) is 16.0. The first-order valence-electron chi connectivity index (χ1n) is 11.2. The first-order valence-corrected chi connectivity index (χ1v) is 11.2. The van der Waals surface area contributed by atoms with Crippen molar-refractivity contribution in [3.05, 3.63) is 59.2 Å². The minimum absolute atomic E-state index is 0.0334. The molecule has 1 atom stereocenters. The summed E-state index contributed by atoms with van der Waals surface area (Å²) < 4.78 is 11.5. The number of rotatable bonds is 6. The molecule has 0 aromatic heterocycles. The highest BCUT2D eigenvalue weighted by molar-refractivity contribution is 6.46. The fourth-order valence-corrected chi connectivity index (χ4v) is 3.68. The van der Waals surface area contributed by atoms with Crippen LogP contribution < -0.4 is 4.74 Å². The van der Waals surface area contributed by atoms with E-state index in [-0.39, 0.29) is 11.5 Å². The van der Waals surface area contributed by atoms with Crippen LogP contribution in [0.25, 0.3) is 0 Å². The molecule has 0 amide bonds. The average Bonchev–Trinajstić information content (AvgIpc) is 3.22. The van der Waals surface area contributed by atoms with E-state index in [1.807, 2.05) is 24.3 Å². The van der Waals surface area contributed by atoms with Crippen molar-refractivity contribution in [2.45, 2.75) is 66.3 Å². The maximum Gasteiger partial charge on any atom is 0.236 e. The smallest absolute Gasteiger partial charge is 0.236 e. The molecule has 0 saturated carbocycles. The first kappa shape index (κ1) is 23.1. The largest absolute Gasteiger partial charge is 0.497 e. The monoisotopic (exact) mass is 420 g/mol. The van der Waals surface area contributed by atoms with Crippen LogP contribution in [0.5, 0.6) is 5.75 Å². The van der Waals surface area contributed by atoms with E-state index in [4.69, 9.17) is 19.5 Å². The van der Waals surface area contributed by atoms with Crippen LogP contribution in [0.4, 0.5) is 5.69 Å². The number of benzene rings is 2. The predicted octanol–water partition coefficient (Wildman–Crippen LogP) is 6.91. The Morgan fingerprint density at radius 2 is 1.58 bits per heavy atom. The van der Waals surface area contributed by atoms with Gasteiger partial charge in [0.15, 0.2) is 0 Å². The SMILES string of the molecule is COc1ccc(/C(=N\c2c(C(C)C)cccc2C(C)C)C2=N[C@@H](C(C)(C)C)CO2)cc1. The highest BCUT2D eigenvalue weighted by Gasteiger charge is 2.32. The molecule has 1 aliphatic rings. The van der Waals surface area contributed by atoms with Crippen LogP contribution in [0.2, 0.25) is 0 Å². The molecule has 1 aliphatic heterocycles. The first-order chi connectivity index (χ1) is 14.6. The molecule has 4 heteroatoms. The van der Waals surface area contributed by atoms with Crippen LogP contribution in [0.15, 0.2) is 52.4 Å². The highest BCUT2D eigenvalue weighted by Crippen LogP contribution is 2.36. The fraction of sp³-hybridized carbons (Fsp3) is 0.481. The Hall–Kier alpha value is -2.62. The molecule has 0 fully saturated rings. The molecule has 31 heavy (non-hydrogen) atoms. The number of methoxy groups -OCH3 is 1. The average molecular weight is 421 g/mol. The fourth-order valence-electron chi connectivity index (χ4n) is 3.68. The third kappa shape index (κ3) is 5.17. The van der Waals surface area contributed by atoms with Gasteiger partial charge in [0, 0.05) is 5.56 Å². The van der Waals surface area contributed by atoms with E-state index >= 15 is 0 Å². The van der Waals surface area contributed by atoms with Crippen molar-refractivity contribution in [1.29, 1.82) is 0 Å². The van der Waals surface area contributed by atoms with E-state index in [2.05, 4.69) is 66.7 Å². The van der Waals surface area contributed by atoms with Crippen LogP contribution in [0.3, 0.4) is 0 Å². The molecule has 2 aromatic carbocycles. The van der Waals surface area contributed by atoms with E-state index in [1.165, 1.54) is 11.1 Å². The van der Waals surface area contributed by atoms with E-state index < -0.39 is 0 Å². The molecule has 166 valence electrons. The number of ether oxygens (including phenoxy) is 2. The minimum atomic E-state index is 0.0334. The second kappa shape index (κ2) is 9.25. The van der Waals surface area contributed by atoms with E-state index in [0.717, 1.165) is 22.7 Å². The Balaban J connectivity index is 2.21. The molecular formula is C27H36N2O2. The lowest BCUT2D eigenvalue weighted by Crippen LogP contribution is -2.25. The molecule has 0 spiro atoms. The summed E-state index contributed by atoms with van der Waals surface area (Å²) in [5, 5.41) is 0. The highest BCUT2D eigenvalue weighted by atomic mass is 16.5. The summed E-state index contributed by atoms with van der Waals surface area (Å²) >= 11 is 0. The van der Waals surface area contributed by atoms with Gasteiger partial charge in [0.2, 0.25) is 5.90 Å². The Morgan fingerprint density at radius 1 is 1.00 bits per heavy atom. The van der Waals surface area contributed by atoms with Gasteiger partial charge >= 0.3 is 0 Å². The van der Waals surface area contributed by atoms with Crippen LogP contribution in [-0.4, -0.2) is 31.4 Å². The van der Waals surface area contributed by atoms with E-state index in [9.17, 15) is 0 Å². The van der Waals surface area contributed by atoms with Crippen molar-refractivity contribution in [2.24, 2.45) is 15.4 Å². The van der Waals surface area contributed by atoms with Gasteiger partial charge in [-0.25, -0.2) is 9.98 Å². The molecule has 0 radical (unpaired) electrons. The van der Waals surface area contributed by atoms with Gasteiger partial charge in [0.25, 0.3) is 0 Å². The molecule has 0 saturated heterocycles. The van der Waals surface area contributed by atoms with Crippen LogP contribution in [-0.2, 0) is 4.74 Å². The van der Waals surface area contributed by atoms with E-state index in [1.54, 1.807) is 7.11 Å². The maximum absolute atomic E-state index is 6.13. The predicted molar refractivity (Wildman–Crippen MR) is 130 cm³/mol. The zero-order chi connectivity index (χ0) is 22.8. The molecule has 4 nitrogen and oxygen atoms in total. The topological polar surface area (TPSA) is 43.2 Å². The molecule has 3 rings (SSSR count). The van der Waals surface area contributed by atoms with Crippen molar-refractivity contribution < 1.29 is 9.47 Å². The summed E-state index contributed by atoms with van der Waals surface area (Å²) in [7, 11) is 1.68. The minimum Gasteiger partial charge on any atom is -0.497 e. The van der Waals surface area contributed by atoms with Gasteiger partial charge in [0.1, 0.15) is 18.1 Å². The van der Waals surface area contributed by atoms with Crippen molar-refractivity contribution in [3.63, 3.8) is 0 Å². The van der Waals surface area contributed by atoms with Crippen LogP contribution in [0.1, 0.15) is 77.0 Å². The standard InChI is InChI=1S/C27H36N2O2/c1-17(2)21-10-9-11-22(18(3)4)25(21)29-24(19-12-14-20(30-8)15-13-19)26-28-23(16-31-26)27(5,6)7/h9-15,17-18,23H,16H2,1-8H3/b29-24+/t23-/m1/s1. The summed E-state index contributed by atoms with van der Waals surface area (Å²) in [6, 6.07) is 14.6. The van der Waals surface area contributed by atoms with Gasteiger partial charge in [0.05, 0.1) is 18.8 Å². The second-order valence-electron chi connectivity index (χ2n) is 9.91. The quantitative estimate of drug-likeness (QED) is 0.477. The van der Waals surface area contributed by atoms with Crippen LogP contribution in [0, 0.1) is 5.41 Å². The number of hydrogen-bond acceptors (Lipinski definition) is 4. The molecule has 0 bridgehead atoms. The summed E-state index contributed by atoms with van der Waals surface area (Å²) in [6.07, 6.45) is 0. The van der Waals surface area contributed by atoms with Gasteiger partial charge in [-0.1, -0.05) is 66.7 Å². The lowest BCUT2D eigenvalue weighted by molar-refractivity contribution is 0.237. The Kier molecular flexibility index (Phi) is 6.88. The van der Waals surface area contributed by atoms with Crippen LogP contribution >= 0.6 is 0 Å². The Labute approximate surface area is 187 Å². The molecule has 0 aliphatic carbocycles. The summed E-state index contributed by atoms with van der Waals surface area (Å²) in [4.78, 5) is 10.2. The van der Waals surface area contributed by atoms with Crippen molar-refractivity contribution >= 4 is 17.3 Å². The van der Waals surface area contributed by atoms with Gasteiger partial charge in [-0.05, 0) is 52.6 Å². The number of hydrogen-bond donors (Lipinski definition) is 0. The normalized spacial score (nSPS) is 17.2. The zero-order valence-corrected chi connectivity index (χ0v) is 20.2. The van der Waals surface area contributed by atoms with Gasteiger partial charge in [-0.2, -0.15) is 0 Å². The Bertz CT molecular complexity index is 937. The number of nitrogens with zero attached hydrogens (tertiary/aromatic N) is 2. The van der Waals surface area contributed by atoms with Gasteiger partial charge in [-0.15, -0.1) is 0 Å². The molecular weight excluding hydrogens is 384 g/mol. The molecule has 0 unspecified atom stereocenters. The number of para-hydroxylation sites is 1. The van der Waals surface area contributed by atoms with Gasteiger partial charge < -0.3 is 9.47 Å². The molecule has 2 aromatic rings. The lowest BCUT2D eigenvalue weighted by atomic mass is 9.88. The van der Waals surface area contributed by atoms with Gasteiger partial charge in [-0.3, -0.25) is 0 Å². The second-order valence-corrected chi connectivity index (χ2v) is 9.91. The zero-order valence-electron chi connectivity index (χ0n) is 20.2. The van der Waals surface area contributed by atoms with Crippen molar-refractivity contribution in [2.75, 3.05) is 13.7 Å². The summed E-state index contributed by atoms with van der Waals surface area (Å²) in [5.74, 6) is 2.17. The van der Waals surface area contributed by atoms with Crippen molar-refractivity contribution in [3.8, 4) is 5.75 Å². The summed E-state index contributed by atoms with van der Waals surface area (Å²) in [5.41, 5.74) is 5.30. The number of aliphatic imine (C=N–C) groups is 2. The Morgan fingerprint density at radius 3 is 2.03 bits per heavy atom. The van der Waals surface area contributed by atoms with Crippen molar-refractivity contribution in [1.82, 2.24) is 0 Å². The lowest BCUT2D eigenvalue weighted by Gasteiger charge is -2.21. The van der Waals surface area contributed by atoms with E-state index in [0.29, 0.717) is 24.3 Å². The molecule has 1 heterocycles. The third-order valence-electron chi connectivity index (χ3n) is 5.78. The third-order valence-corrected chi connectivity index (χ3v) is 5.78. The molecule has 0 N–H and O–H groups in total.